The average Bonchev–Trinajstić information content (AvgIpc) is 3.05. The van der Waals surface area contributed by atoms with Crippen LogP contribution >= 0.6 is 0 Å². The summed E-state index contributed by atoms with van der Waals surface area (Å²) in [4.78, 5) is 4.71. The van der Waals surface area contributed by atoms with Crippen molar-refractivity contribution in [1.29, 1.82) is 0 Å². The van der Waals surface area contributed by atoms with Gasteiger partial charge in [-0.25, -0.2) is 0 Å². The first-order valence-electron chi connectivity index (χ1n) is 15.5. The highest BCUT2D eigenvalue weighted by atomic mass is 16.5. The van der Waals surface area contributed by atoms with Gasteiger partial charge in [0.05, 0.1) is 21.3 Å². The standard InChI is InChI=1S/C37H40N2O6/c1-38-14-12-24-19-31(42-4)33-21-27(24)28(38)17-23-8-11-30(41-3)32(18-23)44-26-9-6-22(7-10-26)16-29-35-25(13-15-39(29)2)20-34(43-5)36(40)37(35)45-33/h6-11,18-21,28-29,40H,12-17H2,1-5H3/t28-,29+/m1/s1. The summed E-state index contributed by atoms with van der Waals surface area (Å²) in [6.45, 7) is 1.80. The first kappa shape index (κ1) is 29.3. The summed E-state index contributed by atoms with van der Waals surface area (Å²) in [7, 11) is 9.21. The van der Waals surface area contributed by atoms with E-state index >= 15 is 0 Å². The van der Waals surface area contributed by atoms with Gasteiger partial charge >= 0.3 is 0 Å². The fraction of sp³-hybridized carbons (Fsp3) is 0.351. The molecule has 4 aliphatic heterocycles. The largest absolute Gasteiger partial charge is 0.502 e. The topological polar surface area (TPSA) is 72.9 Å². The van der Waals surface area contributed by atoms with Gasteiger partial charge in [0.25, 0.3) is 0 Å². The fourth-order valence-corrected chi connectivity index (χ4v) is 7.10. The highest BCUT2D eigenvalue weighted by molar-refractivity contribution is 5.63. The monoisotopic (exact) mass is 608 g/mol. The fourth-order valence-electron chi connectivity index (χ4n) is 7.10. The smallest absolute Gasteiger partial charge is 0.201 e. The summed E-state index contributed by atoms with van der Waals surface area (Å²) in [5, 5.41) is 11.6. The molecule has 1 N–H and O–H groups in total. The second-order valence-electron chi connectivity index (χ2n) is 12.3. The Kier molecular flexibility index (Phi) is 7.71. The number of benzene rings is 4. The molecule has 8 rings (SSSR count). The number of methoxy groups -OCH3 is 3. The predicted molar refractivity (Wildman–Crippen MR) is 173 cm³/mol. The molecule has 0 fully saturated rings. The number of rotatable bonds is 3. The van der Waals surface area contributed by atoms with E-state index in [9.17, 15) is 5.11 Å². The van der Waals surface area contributed by atoms with E-state index in [0.29, 0.717) is 34.5 Å². The molecule has 0 unspecified atom stereocenters. The van der Waals surface area contributed by atoms with Crippen molar-refractivity contribution in [2.24, 2.45) is 0 Å². The molecule has 0 radical (unpaired) electrons. The first-order valence-corrected chi connectivity index (χ1v) is 15.5. The quantitative estimate of drug-likeness (QED) is 0.271. The van der Waals surface area contributed by atoms with Crippen LogP contribution in [0.4, 0.5) is 0 Å². The van der Waals surface area contributed by atoms with Crippen LogP contribution in [0, 0.1) is 0 Å². The lowest BCUT2D eigenvalue weighted by molar-refractivity contribution is 0.220. The van der Waals surface area contributed by atoms with E-state index in [0.717, 1.165) is 66.8 Å². The van der Waals surface area contributed by atoms with Crippen molar-refractivity contribution in [2.75, 3.05) is 48.5 Å². The number of phenolic OH excluding ortho intramolecular Hbond substituents is 1. The van der Waals surface area contributed by atoms with Crippen LogP contribution in [0.3, 0.4) is 0 Å². The normalized spacial score (nSPS) is 19.4. The summed E-state index contributed by atoms with van der Waals surface area (Å²) in [5.74, 6) is 4.15. The molecule has 0 aliphatic carbocycles. The number of hydrogen-bond donors (Lipinski definition) is 1. The van der Waals surface area contributed by atoms with Gasteiger partial charge in [-0.1, -0.05) is 18.2 Å². The van der Waals surface area contributed by atoms with E-state index in [1.54, 1.807) is 21.3 Å². The van der Waals surface area contributed by atoms with Gasteiger partial charge in [-0.15, -0.1) is 0 Å². The maximum atomic E-state index is 11.6. The minimum Gasteiger partial charge on any atom is -0.502 e. The molecule has 4 heterocycles. The van der Waals surface area contributed by atoms with Gasteiger partial charge in [-0.05, 0) is 110 Å². The van der Waals surface area contributed by atoms with E-state index in [2.05, 4.69) is 60.3 Å². The third kappa shape index (κ3) is 5.32. The van der Waals surface area contributed by atoms with E-state index in [1.807, 2.05) is 24.3 Å². The lowest BCUT2D eigenvalue weighted by Gasteiger charge is -2.37. The van der Waals surface area contributed by atoms with Crippen molar-refractivity contribution >= 4 is 0 Å². The van der Waals surface area contributed by atoms with E-state index in [-0.39, 0.29) is 17.8 Å². The Morgan fingerprint density at radius 1 is 0.667 bits per heavy atom. The molecule has 0 amide bonds. The van der Waals surface area contributed by atoms with Crippen molar-refractivity contribution in [1.82, 2.24) is 9.80 Å². The zero-order chi connectivity index (χ0) is 31.2. The molecule has 0 saturated heterocycles. The Labute approximate surface area is 264 Å². The Bertz CT molecular complexity index is 1740. The molecular formula is C37H40N2O6. The molecule has 4 aromatic rings. The number of phenols is 1. The van der Waals surface area contributed by atoms with Gasteiger partial charge in [0.1, 0.15) is 5.75 Å². The molecule has 45 heavy (non-hydrogen) atoms. The second kappa shape index (κ2) is 11.8. The van der Waals surface area contributed by atoms with Gasteiger partial charge in [0, 0.05) is 30.7 Å². The molecule has 6 bridgehead atoms. The molecule has 0 aromatic heterocycles. The Balaban J connectivity index is 1.45. The van der Waals surface area contributed by atoms with Crippen LogP contribution < -0.4 is 23.7 Å². The minimum atomic E-state index is -0.0366. The van der Waals surface area contributed by atoms with Crippen molar-refractivity contribution in [3.8, 4) is 46.0 Å². The van der Waals surface area contributed by atoms with Crippen molar-refractivity contribution in [3.63, 3.8) is 0 Å². The molecule has 8 nitrogen and oxygen atoms in total. The molecule has 0 saturated carbocycles. The molecule has 234 valence electrons. The van der Waals surface area contributed by atoms with Crippen LogP contribution in [0.25, 0.3) is 0 Å². The minimum absolute atomic E-state index is 0.00564. The molecule has 8 heteroatoms. The van der Waals surface area contributed by atoms with Crippen LogP contribution in [0.15, 0.2) is 60.7 Å². The number of nitrogens with zero attached hydrogens (tertiary/aromatic N) is 2. The van der Waals surface area contributed by atoms with E-state index in [4.69, 9.17) is 23.7 Å². The number of fused-ring (bicyclic) bond motifs is 2. The number of aromatic hydroxyl groups is 1. The molecule has 4 aromatic carbocycles. The van der Waals surface area contributed by atoms with E-state index in [1.165, 1.54) is 11.1 Å². The summed E-state index contributed by atoms with van der Waals surface area (Å²) in [6, 6.07) is 20.6. The van der Waals surface area contributed by atoms with Crippen molar-refractivity contribution < 1.29 is 28.8 Å². The molecule has 2 atom stereocenters. The average molecular weight is 609 g/mol. The van der Waals surface area contributed by atoms with Crippen molar-refractivity contribution in [3.05, 3.63) is 94.0 Å². The lowest BCUT2D eigenvalue weighted by atomic mass is 9.87. The summed E-state index contributed by atoms with van der Waals surface area (Å²) in [5.41, 5.74) is 6.77. The van der Waals surface area contributed by atoms with Gasteiger partial charge in [-0.2, -0.15) is 0 Å². The number of hydrogen-bond acceptors (Lipinski definition) is 8. The third-order valence-electron chi connectivity index (χ3n) is 9.66. The molecule has 0 spiro atoms. The van der Waals surface area contributed by atoms with Crippen LogP contribution in [0.5, 0.6) is 46.0 Å². The Hall–Kier alpha value is -4.40. The molecule has 4 aliphatic rings. The van der Waals surface area contributed by atoms with Crippen LogP contribution in [-0.2, 0) is 25.7 Å². The zero-order valence-electron chi connectivity index (χ0n) is 26.6. The first-order chi connectivity index (χ1) is 21.9. The van der Waals surface area contributed by atoms with Gasteiger partial charge in [0.15, 0.2) is 34.5 Å². The SMILES string of the molecule is COc1ccc2cc1Oc1ccc(cc1)C[C@H]1c3c(cc(OC)c(O)c3Oc3cc4c(cc3OC)CCN(C)[C@@H]4C2)CCN1C. The third-order valence-corrected chi connectivity index (χ3v) is 9.66. The Morgan fingerprint density at radius 2 is 1.29 bits per heavy atom. The lowest BCUT2D eigenvalue weighted by Crippen LogP contribution is -2.34. The maximum absolute atomic E-state index is 11.6. The van der Waals surface area contributed by atoms with Crippen LogP contribution in [0.2, 0.25) is 0 Å². The second-order valence-corrected chi connectivity index (χ2v) is 12.3. The van der Waals surface area contributed by atoms with Crippen LogP contribution in [0.1, 0.15) is 45.5 Å². The number of ether oxygens (including phenoxy) is 5. The van der Waals surface area contributed by atoms with E-state index < -0.39 is 0 Å². The van der Waals surface area contributed by atoms with Gasteiger partial charge in [-0.3, -0.25) is 9.80 Å². The zero-order valence-corrected chi connectivity index (χ0v) is 26.6. The number of likely N-dealkylation sites (N-methyl/N-ethyl adjacent to an activating group) is 2. The highest BCUT2D eigenvalue weighted by Crippen LogP contribution is 2.51. The maximum Gasteiger partial charge on any atom is 0.201 e. The van der Waals surface area contributed by atoms with Crippen molar-refractivity contribution in [2.45, 2.75) is 37.8 Å². The van der Waals surface area contributed by atoms with Crippen LogP contribution in [-0.4, -0.2) is 63.4 Å². The molecular weight excluding hydrogens is 568 g/mol. The highest BCUT2D eigenvalue weighted by Gasteiger charge is 2.34. The van der Waals surface area contributed by atoms with Gasteiger partial charge < -0.3 is 28.8 Å². The van der Waals surface area contributed by atoms with Gasteiger partial charge in [0.2, 0.25) is 5.75 Å². The summed E-state index contributed by atoms with van der Waals surface area (Å²) < 4.78 is 30.5. The summed E-state index contributed by atoms with van der Waals surface area (Å²) in [6.07, 6.45) is 3.20. The predicted octanol–water partition coefficient (Wildman–Crippen LogP) is 6.86. The Morgan fingerprint density at radius 3 is 2.02 bits per heavy atom. The summed E-state index contributed by atoms with van der Waals surface area (Å²) >= 11 is 0.